The summed E-state index contributed by atoms with van der Waals surface area (Å²) in [5.41, 5.74) is 2.38. The standard InChI is InChI=1S/C21H17NO5/c1-13-20-14(10-22(12-26-20)11-16-5-3-7-25-16)8-17-19(23)18(27-21(13)17)9-15-4-2-6-24-15/h2-9H,10-12H2,1H3/b18-9-. The lowest BCUT2D eigenvalue weighted by atomic mass is 10.00. The Morgan fingerprint density at radius 2 is 2.00 bits per heavy atom. The van der Waals surface area contributed by atoms with Gasteiger partial charge in [-0.3, -0.25) is 9.69 Å². The van der Waals surface area contributed by atoms with Crippen molar-refractivity contribution < 1.29 is 23.1 Å². The molecule has 3 aromatic rings. The van der Waals surface area contributed by atoms with Crippen molar-refractivity contribution in [1.29, 1.82) is 0 Å². The molecule has 27 heavy (non-hydrogen) atoms. The van der Waals surface area contributed by atoms with Crippen molar-refractivity contribution in [2.45, 2.75) is 20.0 Å². The number of allylic oxidation sites excluding steroid dienone is 1. The molecular weight excluding hydrogens is 346 g/mol. The van der Waals surface area contributed by atoms with Gasteiger partial charge in [0.05, 0.1) is 24.6 Å². The largest absolute Gasteiger partial charge is 0.477 e. The summed E-state index contributed by atoms with van der Waals surface area (Å²) in [4.78, 5) is 14.9. The van der Waals surface area contributed by atoms with Crippen LogP contribution in [0.25, 0.3) is 6.08 Å². The molecule has 0 fully saturated rings. The second-order valence-corrected chi connectivity index (χ2v) is 6.66. The highest BCUT2D eigenvalue weighted by molar-refractivity contribution is 6.15. The Labute approximate surface area is 155 Å². The first-order valence-electron chi connectivity index (χ1n) is 8.71. The van der Waals surface area contributed by atoms with Gasteiger partial charge in [0.15, 0.2) is 5.76 Å². The van der Waals surface area contributed by atoms with Gasteiger partial charge in [-0.1, -0.05) is 0 Å². The van der Waals surface area contributed by atoms with Gasteiger partial charge in [-0.15, -0.1) is 0 Å². The normalized spacial score (nSPS) is 17.5. The lowest BCUT2D eigenvalue weighted by Gasteiger charge is -2.29. The molecule has 0 atom stereocenters. The van der Waals surface area contributed by atoms with Gasteiger partial charge in [0.1, 0.15) is 29.8 Å². The minimum atomic E-state index is -0.143. The van der Waals surface area contributed by atoms with Gasteiger partial charge < -0.3 is 18.3 Å². The number of ether oxygens (including phenoxy) is 2. The van der Waals surface area contributed by atoms with Crippen LogP contribution in [-0.4, -0.2) is 17.4 Å². The molecule has 0 spiro atoms. The van der Waals surface area contributed by atoms with E-state index in [0.29, 0.717) is 36.9 Å². The fourth-order valence-electron chi connectivity index (χ4n) is 3.52. The molecule has 4 heterocycles. The molecule has 0 amide bonds. The average Bonchev–Trinajstić information content (AvgIpc) is 3.41. The number of hydrogen-bond donors (Lipinski definition) is 0. The molecule has 1 aromatic carbocycles. The summed E-state index contributed by atoms with van der Waals surface area (Å²) in [5, 5.41) is 0. The topological polar surface area (TPSA) is 65.0 Å². The van der Waals surface area contributed by atoms with E-state index in [1.807, 2.05) is 25.1 Å². The summed E-state index contributed by atoms with van der Waals surface area (Å²) in [5.74, 6) is 2.93. The molecule has 6 heteroatoms. The van der Waals surface area contributed by atoms with E-state index in [1.54, 1.807) is 30.7 Å². The third-order valence-corrected chi connectivity index (χ3v) is 4.78. The quantitative estimate of drug-likeness (QED) is 0.652. The first kappa shape index (κ1) is 16.0. The molecule has 0 saturated carbocycles. The Hall–Kier alpha value is -3.25. The number of rotatable bonds is 3. The van der Waals surface area contributed by atoms with Gasteiger partial charge in [0.2, 0.25) is 5.78 Å². The second-order valence-electron chi connectivity index (χ2n) is 6.66. The number of carbonyl (C=O) groups is 1. The molecule has 2 aliphatic heterocycles. The monoisotopic (exact) mass is 363 g/mol. The fraction of sp³-hybridized carbons (Fsp3) is 0.190. The van der Waals surface area contributed by atoms with Crippen LogP contribution in [0.3, 0.4) is 0 Å². The summed E-state index contributed by atoms with van der Waals surface area (Å²) >= 11 is 0. The van der Waals surface area contributed by atoms with E-state index in [2.05, 4.69) is 4.90 Å². The predicted molar refractivity (Wildman–Crippen MR) is 96.3 cm³/mol. The van der Waals surface area contributed by atoms with Gasteiger partial charge in [0, 0.05) is 23.7 Å². The van der Waals surface area contributed by atoms with Crippen LogP contribution in [0.1, 0.15) is 33.0 Å². The number of ketones is 1. The van der Waals surface area contributed by atoms with Crippen LogP contribution in [0.15, 0.2) is 57.5 Å². The zero-order valence-corrected chi connectivity index (χ0v) is 14.7. The molecule has 0 N–H and O–H groups in total. The number of benzene rings is 1. The molecule has 0 radical (unpaired) electrons. The number of nitrogens with zero attached hydrogens (tertiary/aromatic N) is 1. The lowest BCUT2D eigenvalue weighted by Crippen LogP contribution is -2.31. The van der Waals surface area contributed by atoms with Crippen LogP contribution in [0.4, 0.5) is 0 Å². The molecule has 0 bridgehead atoms. The van der Waals surface area contributed by atoms with Gasteiger partial charge in [0.25, 0.3) is 0 Å². The maximum absolute atomic E-state index is 12.8. The zero-order valence-electron chi connectivity index (χ0n) is 14.7. The molecule has 136 valence electrons. The number of Topliss-reactive ketones (excluding diaryl/α,β-unsaturated/α-hetero) is 1. The third-order valence-electron chi connectivity index (χ3n) is 4.78. The van der Waals surface area contributed by atoms with E-state index in [-0.39, 0.29) is 11.5 Å². The Morgan fingerprint density at radius 1 is 1.15 bits per heavy atom. The molecule has 2 aromatic heterocycles. The minimum absolute atomic E-state index is 0.143. The van der Waals surface area contributed by atoms with E-state index in [9.17, 15) is 4.79 Å². The highest BCUT2D eigenvalue weighted by atomic mass is 16.5. The van der Waals surface area contributed by atoms with E-state index < -0.39 is 0 Å². The SMILES string of the molecule is Cc1c2c(cc3c1O/C(=C\c1ccco1)C3=O)CN(Cc1ccco1)CO2. The van der Waals surface area contributed by atoms with Gasteiger partial charge >= 0.3 is 0 Å². The highest BCUT2D eigenvalue weighted by Crippen LogP contribution is 2.43. The van der Waals surface area contributed by atoms with Gasteiger partial charge in [-0.05, 0) is 37.3 Å². The van der Waals surface area contributed by atoms with Crippen LogP contribution in [0.5, 0.6) is 11.5 Å². The molecular formula is C21H17NO5. The summed E-state index contributed by atoms with van der Waals surface area (Å²) in [6, 6.07) is 9.22. The van der Waals surface area contributed by atoms with Crippen molar-refractivity contribution in [1.82, 2.24) is 4.90 Å². The number of fused-ring (bicyclic) bond motifs is 2. The molecule has 5 rings (SSSR count). The summed E-state index contributed by atoms with van der Waals surface area (Å²) < 4.78 is 22.5. The summed E-state index contributed by atoms with van der Waals surface area (Å²) in [6.45, 7) is 3.70. The maximum atomic E-state index is 12.8. The van der Waals surface area contributed by atoms with Gasteiger partial charge in [-0.25, -0.2) is 0 Å². The smallest absolute Gasteiger partial charge is 0.232 e. The first-order valence-corrected chi connectivity index (χ1v) is 8.71. The maximum Gasteiger partial charge on any atom is 0.232 e. The van der Waals surface area contributed by atoms with Crippen molar-refractivity contribution >= 4 is 11.9 Å². The van der Waals surface area contributed by atoms with Crippen molar-refractivity contribution in [3.63, 3.8) is 0 Å². The highest BCUT2D eigenvalue weighted by Gasteiger charge is 2.33. The minimum Gasteiger partial charge on any atom is -0.477 e. The van der Waals surface area contributed by atoms with Crippen LogP contribution in [0.2, 0.25) is 0 Å². The molecule has 0 aliphatic carbocycles. The third kappa shape index (κ3) is 2.74. The fourth-order valence-corrected chi connectivity index (χ4v) is 3.52. The Bertz CT molecular complexity index is 1030. The van der Waals surface area contributed by atoms with Gasteiger partial charge in [-0.2, -0.15) is 0 Å². The summed E-state index contributed by atoms with van der Waals surface area (Å²) in [6.07, 6.45) is 4.84. The summed E-state index contributed by atoms with van der Waals surface area (Å²) in [7, 11) is 0. The molecule has 0 saturated heterocycles. The average molecular weight is 363 g/mol. The second kappa shape index (κ2) is 6.17. The van der Waals surface area contributed by atoms with Crippen molar-refractivity contribution in [3.05, 3.63) is 76.8 Å². The van der Waals surface area contributed by atoms with E-state index >= 15 is 0 Å². The molecule has 0 unspecified atom stereocenters. The van der Waals surface area contributed by atoms with E-state index in [0.717, 1.165) is 22.6 Å². The van der Waals surface area contributed by atoms with Crippen LogP contribution in [-0.2, 0) is 13.1 Å². The Kier molecular flexibility index (Phi) is 3.65. The van der Waals surface area contributed by atoms with Crippen molar-refractivity contribution in [2.75, 3.05) is 6.73 Å². The van der Waals surface area contributed by atoms with Crippen molar-refractivity contribution in [2.24, 2.45) is 0 Å². The zero-order chi connectivity index (χ0) is 18.4. The number of hydrogen-bond acceptors (Lipinski definition) is 6. The van der Waals surface area contributed by atoms with E-state index in [4.69, 9.17) is 18.3 Å². The van der Waals surface area contributed by atoms with Crippen LogP contribution < -0.4 is 9.47 Å². The first-order chi connectivity index (χ1) is 13.2. The predicted octanol–water partition coefficient (Wildman–Crippen LogP) is 4.15. The Balaban J connectivity index is 1.46. The molecule has 6 nitrogen and oxygen atoms in total. The van der Waals surface area contributed by atoms with Crippen LogP contribution >= 0.6 is 0 Å². The van der Waals surface area contributed by atoms with E-state index in [1.165, 1.54) is 0 Å². The van der Waals surface area contributed by atoms with Crippen molar-refractivity contribution in [3.8, 4) is 11.5 Å². The Morgan fingerprint density at radius 3 is 2.78 bits per heavy atom. The lowest BCUT2D eigenvalue weighted by molar-refractivity contribution is 0.0813. The molecule has 2 aliphatic rings. The van der Waals surface area contributed by atoms with Crippen LogP contribution in [0, 0.1) is 6.92 Å². The number of furan rings is 2. The number of carbonyl (C=O) groups excluding carboxylic acids is 1.